The molecule has 6 heteroatoms. The molecule has 3 aromatic rings. The van der Waals surface area contributed by atoms with E-state index >= 15 is 0 Å². The minimum absolute atomic E-state index is 0.0978. The Morgan fingerprint density at radius 2 is 1.85 bits per heavy atom. The Labute approximate surface area is 158 Å². The fourth-order valence-electron chi connectivity index (χ4n) is 2.68. The first-order valence-electron chi connectivity index (χ1n) is 8.73. The molecule has 0 fully saturated rings. The van der Waals surface area contributed by atoms with Crippen molar-refractivity contribution in [2.24, 2.45) is 0 Å². The van der Waals surface area contributed by atoms with Crippen molar-refractivity contribution in [3.63, 3.8) is 0 Å². The van der Waals surface area contributed by atoms with E-state index in [0.29, 0.717) is 24.1 Å². The lowest BCUT2D eigenvalue weighted by Gasteiger charge is -2.11. The highest BCUT2D eigenvalue weighted by molar-refractivity contribution is 5.97. The summed E-state index contributed by atoms with van der Waals surface area (Å²) in [4.78, 5) is 25.8. The summed E-state index contributed by atoms with van der Waals surface area (Å²) >= 11 is 0. The minimum Gasteiger partial charge on any atom is -0.345 e. The predicted octanol–water partition coefficient (Wildman–Crippen LogP) is 3.15. The lowest BCUT2D eigenvalue weighted by molar-refractivity contribution is -0.116. The molecule has 1 heterocycles. The van der Waals surface area contributed by atoms with E-state index in [1.165, 1.54) is 4.90 Å². The number of anilines is 1. The highest BCUT2D eigenvalue weighted by Crippen LogP contribution is 2.13. The largest absolute Gasteiger partial charge is 0.345 e. The van der Waals surface area contributed by atoms with Gasteiger partial charge in [-0.25, -0.2) is 4.68 Å². The SMILES string of the molecule is CN(C)C(=O)c1cccc(NC(=O)CCc2cnn(-c3ccccc3)c2)c1. The molecule has 6 nitrogen and oxygen atoms in total. The van der Waals surface area contributed by atoms with E-state index in [1.54, 1.807) is 49.2 Å². The van der Waals surface area contributed by atoms with Crippen molar-refractivity contribution in [3.8, 4) is 5.69 Å². The summed E-state index contributed by atoms with van der Waals surface area (Å²) in [5, 5.41) is 7.19. The van der Waals surface area contributed by atoms with E-state index in [4.69, 9.17) is 0 Å². The molecule has 0 aliphatic carbocycles. The predicted molar refractivity (Wildman–Crippen MR) is 105 cm³/mol. The van der Waals surface area contributed by atoms with Crippen LogP contribution in [0.1, 0.15) is 22.3 Å². The summed E-state index contributed by atoms with van der Waals surface area (Å²) in [5.41, 5.74) is 3.13. The van der Waals surface area contributed by atoms with Gasteiger partial charge in [-0.1, -0.05) is 24.3 Å². The van der Waals surface area contributed by atoms with Crippen molar-refractivity contribution in [2.45, 2.75) is 12.8 Å². The van der Waals surface area contributed by atoms with E-state index in [0.717, 1.165) is 11.3 Å². The number of aromatic nitrogens is 2. The topological polar surface area (TPSA) is 67.2 Å². The van der Waals surface area contributed by atoms with E-state index in [9.17, 15) is 9.59 Å². The molecule has 0 radical (unpaired) electrons. The Balaban J connectivity index is 1.57. The minimum atomic E-state index is -0.100. The Bertz CT molecular complexity index is 932. The summed E-state index contributed by atoms with van der Waals surface area (Å²) in [7, 11) is 3.40. The Morgan fingerprint density at radius 3 is 2.59 bits per heavy atom. The molecule has 0 aliphatic heterocycles. The molecule has 2 aromatic carbocycles. The van der Waals surface area contributed by atoms with Crippen LogP contribution in [0.25, 0.3) is 5.69 Å². The lowest BCUT2D eigenvalue weighted by atomic mass is 10.1. The Hall–Kier alpha value is -3.41. The maximum absolute atomic E-state index is 12.2. The maximum atomic E-state index is 12.2. The van der Waals surface area contributed by atoms with Crippen LogP contribution >= 0.6 is 0 Å². The number of amides is 2. The first-order chi connectivity index (χ1) is 13.0. The van der Waals surface area contributed by atoms with Crippen molar-refractivity contribution in [2.75, 3.05) is 19.4 Å². The first-order valence-corrected chi connectivity index (χ1v) is 8.73. The Morgan fingerprint density at radius 1 is 1.07 bits per heavy atom. The molecule has 0 saturated carbocycles. The van der Waals surface area contributed by atoms with Crippen LogP contribution in [0.2, 0.25) is 0 Å². The summed E-state index contributed by atoms with van der Waals surface area (Å²) in [6.45, 7) is 0. The molecular formula is C21H22N4O2. The molecule has 27 heavy (non-hydrogen) atoms. The second-order valence-electron chi connectivity index (χ2n) is 6.46. The van der Waals surface area contributed by atoms with Gasteiger partial charge in [0.1, 0.15) is 0 Å². The van der Waals surface area contributed by atoms with Gasteiger partial charge in [0.25, 0.3) is 5.91 Å². The second kappa shape index (κ2) is 8.31. The number of carbonyl (C=O) groups excluding carboxylic acids is 2. The van der Waals surface area contributed by atoms with E-state index in [1.807, 2.05) is 36.5 Å². The quantitative estimate of drug-likeness (QED) is 0.732. The van der Waals surface area contributed by atoms with Gasteiger partial charge >= 0.3 is 0 Å². The molecule has 1 N–H and O–H groups in total. The van der Waals surface area contributed by atoms with Crippen LogP contribution in [0.5, 0.6) is 0 Å². The summed E-state index contributed by atoms with van der Waals surface area (Å²) in [6.07, 6.45) is 4.64. The second-order valence-corrected chi connectivity index (χ2v) is 6.46. The van der Waals surface area contributed by atoms with Crippen LogP contribution < -0.4 is 5.32 Å². The van der Waals surface area contributed by atoms with Crippen molar-refractivity contribution < 1.29 is 9.59 Å². The third kappa shape index (κ3) is 4.82. The summed E-state index contributed by atoms with van der Waals surface area (Å²) in [6, 6.07) is 16.8. The number of nitrogens with one attached hydrogen (secondary N) is 1. The Kier molecular flexibility index (Phi) is 5.66. The van der Waals surface area contributed by atoms with Gasteiger partial charge in [0.05, 0.1) is 11.9 Å². The zero-order valence-corrected chi connectivity index (χ0v) is 15.4. The van der Waals surface area contributed by atoms with Crippen molar-refractivity contribution in [3.05, 3.63) is 78.1 Å². The van der Waals surface area contributed by atoms with Gasteiger partial charge in [-0.15, -0.1) is 0 Å². The highest BCUT2D eigenvalue weighted by Gasteiger charge is 2.10. The molecule has 0 saturated heterocycles. The molecule has 0 spiro atoms. The monoisotopic (exact) mass is 362 g/mol. The number of rotatable bonds is 6. The third-order valence-corrected chi connectivity index (χ3v) is 4.10. The molecule has 0 atom stereocenters. The van der Waals surface area contributed by atoms with Crippen molar-refractivity contribution in [1.29, 1.82) is 0 Å². The van der Waals surface area contributed by atoms with E-state index in [2.05, 4.69) is 10.4 Å². The smallest absolute Gasteiger partial charge is 0.253 e. The van der Waals surface area contributed by atoms with Crippen LogP contribution in [0.4, 0.5) is 5.69 Å². The van der Waals surface area contributed by atoms with Crippen molar-refractivity contribution in [1.82, 2.24) is 14.7 Å². The first kappa shape index (κ1) is 18.4. The number of hydrogen-bond donors (Lipinski definition) is 1. The van der Waals surface area contributed by atoms with E-state index < -0.39 is 0 Å². The fourth-order valence-corrected chi connectivity index (χ4v) is 2.68. The summed E-state index contributed by atoms with van der Waals surface area (Å²) in [5.74, 6) is -0.198. The highest BCUT2D eigenvalue weighted by atomic mass is 16.2. The van der Waals surface area contributed by atoms with E-state index in [-0.39, 0.29) is 11.8 Å². The zero-order chi connectivity index (χ0) is 19.2. The number of benzene rings is 2. The number of hydrogen-bond acceptors (Lipinski definition) is 3. The molecule has 0 aliphatic rings. The van der Waals surface area contributed by atoms with Crippen LogP contribution in [0, 0.1) is 0 Å². The normalized spacial score (nSPS) is 10.4. The zero-order valence-electron chi connectivity index (χ0n) is 15.4. The molecule has 0 bridgehead atoms. The van der Waals surface area contributed by atoms with Gasteiger partial charge in [0, 0.05) is 38.0 Å². The van der Waals surface area contributed by atoms with Crippen molar-refractivity contribution >= 4 is 17.5 Å². The molecule has 2 amide bonds. The lowest BCUT2D eigenvalue weighted by Crippen LogP contribution is -2.22. The van der Waals surface area contributed by atoms with Gasteiger partial charge in [0.2, 0.25) is 5.91 Å². The fraction of sp³-hybridized carbons (Fsp3) is 0.190. The molecule has 138 valence electrons. The average molecular weight is 362 g/mol. The average Bonchev–Trinajstić information content (AvgIpc) is 3.16. The van der Waals surface area contributed by atoms with Gasteiger partial charge in [0.15, 0.2) is 0 Å². The number of aryl methyl sites for hydroxylation is 1. The molecule has 1 aromatic heterocycles. The standard InChI is InChI=1S/C21H22N4O2/c1-24(2)21(27)17-7-6-8-18(13-17)23-20(26)12-11-16-14-22-25(15-16)19-9-4-3-5-10-19/h3-10,13-15H,11-12H2,1-2H3,(H,23,26). The molecule has 0 unspecified atom stereocenters. The molecular weight excluding hydrogens is 340 g/mol. The van der Waals surface area contributed by atoms with Crippen LogP contribution in [0.3, 0.4) is 0 Å². The maximum Gasteiger partial charge on any atom is 0.253 e. The van der Waals surface area contributed by atoms with Gasteiger partial charge < -0.3 is 10.2 Å². The summed E-state index contributed by atoms with van der Waals surface area (Å²) < 4.78 is 1.80. The van der Waals surface area contributed by atoms with Crippen LogP contribution in [-0.4, -0.2) is 40.6 Å². The number of nitrogens with zero attached hydrogens (tertiary/aromatic N) is 3. The molecule has 3 rings (SSSR count). The van der Waals surface area contributed by atoms with Gasteiger partial charge in [-0.2, -0.15) is 5.10 Å². The number of carbonyl (C=O) groups is 2. The van der Waals surface area contributed by atoms with Crippen LogP contribution in [-0.2, 0) is 11.2 Å². The van der Waals surface area contributed by atoms with Gasteiger partial charge in [-0.3, -0.25) is 9.59 Å². The van der Waals surface area contributed by atoms with Gasteiger partial charge in [-0.05, 0) is 42.3 Å². The third-order valence-electron chi connectivity index (χ3n) is 4.10. The number of para-hydroxylation sites is 1. The van der Waals surface area contributed by atoms with Crippen LogP contribution in [0.15, 0.2) is 67.0 Å².